The highest BCUT2D eigenvalue weighted by Crippen LogP contribution is 2.28. The number of benzene rings is 1. The van der Waals surface area contributed by atoms with Crippen LogP contribution in [0.2, 0.25) is 0 Å². The third-order valence-electron chi connectivity index (χ3n) is 4.11. The zero-order valence-electron chi connectivity index (χ0n) is 14.1. The van der Waals surface area contributed by atoms with Gasteiger partial charge in [-0.05, 0) is 44.9 Å². The summed E-state index contributed by atoms with van der Waals surface area (Å²) in [5.41, 5.74) is 2.18. The largest absolute Gasteiger partial charge is 0.322 e. The lowest BCUT2D eigenvalue weighted by atomic mass is 9.97. The molecule has 5 heteroatoms. The van der Waals surface area contributed by atoms with Gasteiger partial charge in [0.25, 0.3) is 5.91 Å². The first-order valence-electron chi connectivity index (χ1n) is 8.05. The van der Waals surface area contributed by atoms with E-state index in [1.54, 1.807) is 11.0 Å². The minimum atomic E-state index is -0.577. The van der Waals surface area contributed by atoms with Crippen molar-refractivity contribution in [2.45, 2.75) is 46.2 Å². The smallest absolute Gasteiger partial charge is 0.255 e. The van der Waals surface area contributed by atoms with Crippen LogP contribution in [0.4, 0.5) is 0 Å². The van der Waals surface area contributed by atoms with Crippen LogP contribution >= 0.6 is 0 Å². The van der Waals surface area contributed by atoms with Gasteiger partial charge in [0, 0.05) is 29.5 Å². The van der Waals surface area contributed by atoms with Gasteiger partial charge in [-0.15, -0.1) is 0 Å². The average molecular weight is 324 g/mol. The van der Waals surface area contributed by atoms with E-state index in [4.69, 9.17) is 0 Å². The molecule has 5 nitrogen and oxygen atoms in total. The third kappa shape index (κ3) is 3.18. The van der Waals surface area contributed by atoms with E-state index in [0.717, 1.165) is 11.1 Å². The average Bonchev–Trinajstić information content (AvgIpc) is 2.81. The Labute approximate surface area is 141 Å². The normalized spacial score (nSPS) is 20.4. The van der Waals surface area contributed by atoms with E-state index in [1.807, 2.05) is 32.9 Å². The molecule has 2 aliphatic heterocycles. The van der Waals surface area contributed by atoms with Crippen molar-refractivity contribution in [1.82, 2.24) is 10.2 Å². The van der Waals surface area contributed by atoms with E-state index in [2.05, 4.69) is 17.2 Å². The van der Waals surface area contributed by atoms with Crippen LogP contribution in [0, 0.1) is 17.3 Å². The van der Waals surface area contributed by atoms with Crippen molar-refractivity contribution in [3.8, 4) is 11.8 Å². The summed E-state index contributed by atoms with van der Waals surface area (Å²) >= 11 is 0. The number of fused-ring (bicyclic) bond motifs is 1. The summed E-state index contributed by atoms with van der Waals surface area (Å²) in [7, 11) is 0. The molecule has 1 unspecified atom stereocenters. The predicted molar refractivity (Wildman–Crippen MR) is 88.8 cm³/mol. The number of nitrogens with zero attached hydrogens (tertiary/aromatic N) is 1. The number of piperidine rings is 1. The predicted octanol–water partition coefficient (Wildman–Crippen LogP) is 1.85. The zero-order valence-corrected chi connectivity index (χ0v) is 14.1. The van der Waals surface area contributed by atoms with Crippen molar-refractivity contribution in [1.29, 1.82) is 0 Å². The molecular weight excluding hydrogens is 304 g/mol. The molecule has 3 amide bonds. The van der Waals surface area contributed by atoms with Crippen LogP contribution in [-0.4, -0.2) is 28.7 Å². The highest BCUT2D eigenvalue weighted by atomic mass is 16.2. The van der Waals surface area contributed by atoms with Crippen LogP contribution in [0.5, 0.6) is 0 Å². The molecule has 3 rings (SSSR count). The van der Waals surface area contributed by atoms with Gasteiger partial charge in [-0.1, -0.05) is 17.9 Å². The molecule has 124 valence electrons. The zero-order chi connectivity index (χ0) is 17.5. The number of imide groups is 1. The monoisotopic (exact) mass is 324 g/mol. The second-order valence-corrected chi connectivity index (χ2v) is 7.27. The first kappa shape index (κ1) is 16.3. The molecule has 1 fully saturated rings. The van der Waals surface area contributed by atoms with Gasteiger partial charge in [0.2, 0.25) is 11.8 Å². The van der Waals surface area contributed by atoms with Gasteiger partial charge in [-0.25, -0.2) is 0 Å². The maximum absolute atomic E-state index is 12.7. The minimum absolute atomic E-state index is 0.109. The summed E-state index contributed by atoms with van der Waals surface area (Å²) in [5, 5.41) is 2.31. The SMILES string of the molecule is CC(C)(C)C#Cc1ccc2c(c1)C(=O)N(C1CCC(=O)NC1=O)C2. The Hall–Kier alpha value is -2.61. The van der Waals surface area contributed by atoms with Gasteiger partial charge in [0.15, 0.2) is 0 Å². The van der Waals surface area contributed by atoms with Crippen LogP contribution in [0.15, 0.2) is 18.2 Å². The van der Waals surface area contributed by atoms with Gasteiger partial charge in [0.05, 0.1) is 0 Å². The van der Waals surface area contributed by atoms with Gasteiger partial charge in [0.1, 0.15) is 6.04 Å². The fraction of sp³-hybridized carbons (Fsp3) is 0.421. The Morgan fingerprint density at radius 2 is 1.96 bits per heavy atom. The first-order chi connectivity index (χ1) is 11.2. The van der Waals surface area contributed by atoms with Crippen molar-refractivity contribution in [3.05, 3.63) is 34.9 Å². The summed E-state index contributed by atoms with van der Waals surface area (Å²) < 4.78 is 0. The standard InChI is InChI=1S/C19H20N2O3/c1-19(2,3)9-8-12-4-5-13-11-21(18(24)14(13)10-12)15-6-7-16(22)20-17(15)23/h4-5,10,15H,6-7,11H2,1-3H3,(H,20,22,23). The molecule has 1 atom stereocenters. The molecule has 24 heavy (non-hydrogen) atoms. The second-order valence-electron chi connectivity index (χ2n) is 7.27. The maximum atomic E-state index is 12.7. The summed E-state index contributed by atoms with van der Waals surface area (Å²) in [5.74, 6) is 5.42. The van der Waals surface area contributed by atoms with E-state index in [1.165, 1.54) is 0 Å². The Morgan fingerprint density at radius 1 is 1.21 bits per heavy atom. The highest BCUT2D eigenvalue weighted by molar-refractivity contribution is 6.05. The molecule has 0 aromatic heterocycles. The summed E-state index contributed by atoms with van der Waals surface area (Å²) in [6.07, 6.45) is 0.639. The third-order valence-corrected chi connectivity index (χ3v) is 4.11. The number of hydrogen-bond acceptors (Lipinski definition) is 3. The van der Waals surface area contributed by atoms with Crippen molar-refractivity contribution in [3.63, 3.8) is 0 Å². The minimum Gasteiger partial charge on any atom is -0.322 e. The van der Waals surface area contributed by atoms with E-state index in [0.29, 0.717) is 18.5 Å². The topological polar surface area (TPSA) is 66.5 Å². The molecule has 0 saturated carbocycles. The number of carbonyl (C=O) groups excluding carboxylic acids is 3. The fourth-order valence-electron chi connectivity index (χ4n) is 2.89. The van der Waals surface area contributed by atoms with Gasteiger partial charge in [-0.3, -0.25) is 19.7 Å². The van der Waals surface area contributed by atoms with Crippen LogP contribution in [0.3, 0.4) is 0 Å². The number of nitrogens with one attached hydrogen (secondary N) is 1. The lowest BCUT2D eigenvalue weighted by Gasteiger charge is -2.29. The summed E-state index contributed by atoms with van der Waals surface area (Å²) in [6.45, 7) is 6.49. The molecule has 0 bridgehead atoms. The summed E-state index contributed by atoms with van der Waals surface area (Å²) in [4.78, 5) is 37.5. The van der Waals surface area contributed by atoms with Crippen LogP contribution in [0.1, 0.15) is 55.1 Å². The Balaban J connectivity index is 1.84. The Kier molecular flexibility index (Phi) is 3.92. The summed E-state index contributed by atoms with van der Waals surface area (Å²) in [6, 6.07) is 5.01. The van der Waals surface area contributed by atoms with Crippen LogP contribution in [0.25, 0.3) is 0 Å². The molecule has 0 spiro atoms. The molecule has 1 saturated heterocycles. The lowest BCUT2D eigenvalue weighted by molar-refractivity contribution is -0.136. The number of amides is 3. The quantitative estimate of drug-likeness (QED) is 0.633. The molecule has 2 aliphatic rings. The van der Waals surface area contributed by atoms with Crippen molar-refractivity contribution in [2.75, 3.05) is 0 Å². The number of rotatable bonds is 1. The first-order valence-corrected chi connectivity index (χ1v) is 8.05. The molecule has 0 radical (unpaired) electrons. The van der Waals surface area contributed by atoms with Gasteiger partial charge in [-0.2, -0.15) is 0 Å². The van der Waals surface area contributed by atoms with E-state index >= 15 is 0 Å². The fourth-order valence-corrected chi connectivity index (χ4v) is 2.89. The molecule has 1 aromatic rings. The van der Waals surface area contributed by atoms with E-state index in [-0.39, 0.29) is 29.6 Å². The maximum Gasteiger partial charge on any atom is 0.255 e. The lowest BCUT2D eigenvalue weighted by Crippen LogP contribution is -2.52. The molecule has 2 heterocycles. The van der Waals surface area contributed by atoms with Gasteiger partial charge >= 0.3 is 0 Å². The molecular formula is C19H20N2O3. The second kappa shape index (κ2) is 5.79. The number of hydrogen-bond donors (Lipinski definition) is 1. The van der Waals surface area contributed by atoms with E-state index < -0.39 is 6.04 Å². The Bertz CT molecular complexity index is 793. The molecule has 1 N–H and O–H groups in total. The van der Waals surface area contributed by atoms with E-state index in [9.17, 15) is 14.4 Å². The van der Waals surface area contributed by atoms with Crippen molar-refractivity contribution < 1.29 is 14.4 Å². The van der Waals surface area contributed by atoms with Crippen LogP contribution < -0.4 is 5.32 Å². The van der Waals surface area contributed by atoms with Gasteiger partial charge < -0.3 is 4.90 Å². The van der Waals surface area contributed by atoms with Crippen LogP contribution in [-0.2, 0) is 16.1 Å². The molecule has 1 aromatic carbocycles. The number of carbonyl (C=O) groups is 3. The Morgan fingerprint density at radius 3 is 2.62 bits per heavy atom. The molecule has 0 aliphatic carbocycles. The van der Waals surface area contributed by atoms with Crippen molar-refractivity contribution in [2.24, 2.45) is 5.41 Å². The highest BCUT2D eigenvalue weighted by Gasteiger charge is 2.38. The van der Waals surface area contributed by atoms with Crippen molar-refractivity contribution >= 4 is 17.7 Å².